The molecule has 0 saturated carbocycles. The van der Waals surface area contributed by atoms with Gasteiger partial charge in [-0.15, -0.1) is 0 Å². The highest BCUT2D eigenvalue weighted by atomic mass is 35.5. The highest BCUT2D eigenvalue weighted by Gasteiger charge is 2.04. The van der Waals surface area contributed by atoms with Crippen molar-refractivity contribution in [3.63, 3.8) is 0 Å². The van der Waals surface area contributed by atoms with Crippen LogP contribution in [0.5, 0.6) is 5.75 Å². The molecule has 0 aliphatic heterocycles. The van der Waals surface area contributed by atoms with E-state index in [2.05, 4.69) is 10.1 Å². The Hall–Kier alpha value is -1.55. The molecule has 0 spiro atoms. The Morgan fingerprint density at radius 3 is 2.93 bits per heavy atom. The number of aromatic hydroxyl groups is 1. The number of halogens is 1. The molecule has 0 bridgehead atoms. The molecule has 0 aliphatic carbocycles. The molecule has 14 heavy (non-hydrogen) atoms. The average Bonchev–Trinajstić information content (AvgIpc) is 2.64. The summed E-state index contributed by atoms with van der Waals surface area (Å²) in [6.45, 7) is 0. The number of benzene rings is 1. The maximum absolute atomic E-state index is 9.19. The van der Waals surface area contributed by atoms with Crippen molar-refractivity contribution in [3.8, 4) is 5.75 Å². The topological polar surface area (TPSA) is 59.2 Å². The molecule has 0 saturated heterocycles. The fraction of sp³-hybridized carbons (Fsp3) is 0.111. The number of phenols is 1. The molecule has 2 rings (SSSR count). The van der Waals surface area contributed by atoms with Crippen LogP contribution in [0.4, 0.5) is 0 Å². The van der Waals surface area contributed by atoms with Gasteiger partial charge in [0.05, 0.1) is 11.4 Å². The molecule has 1 heterocycles. The highest BCUT2D eigenvalue weighted by molar-refractivity contribution is 6.32. The number of aromatic nitrogens is 2. The third-order valence-corrected chi connectivity index (χ3v) is 2.08. The van der Waals surface area contributed by atoms with Crippen molar-refractivity contribution in [2.45, 2.75) is 6.42 Å². The van der Waals surface area contributed by atoms with E-state index in [1.54, 1.807) is 12.1 Å². The molecular formula is C9H7ClN2O2. The molecule has 0 aliphatic rings. The van der Waals surface area contributed by atoms with E-state index in [1.807, 2.05) is 0 Å². The van der Waals surface area contributed by atoms with E-state index in [4.69, 9.17) is 16.1 Å². The van der Waals surface area contributed by atoms with Crippen LogP contribution in [0.3, 0.4) is 0 Å². The maximum atomic E-state index is 9.19. The van der Waals surface area contributed by atoms with Gasteiger partial charge >= 0.3 is 0 Å². The Bertz CT molecular complexity index is 428. The lowest BCUT2D eigenvalue weighted by atomic mass is 10.1. The molecule has 72 valence electrons. The van der Waals surface area contributed by atoms with E-state index in [1.165, 1.54) is 12.4 Å². The first-order valence-corrected chi connectivity index (χ1v) is 4.36. The van der Waals surface area contributed by atoms with E-state index in [0.29, 0.717) is 17.3 Å². The summed E-state index contributed by atoms with van der Waals surface area (Å²) in [7, 11) is 0. The molecule has 1 N–H and O–H groups in total. The van der Waals surface area contributed by atoms with E-state index < -0.39 is 0 Å². The fourth-order valence-electron chi connectivity index (χ4n) is 1.11. The molecule has 0 unspecified atom stereocenters. The van der Waals surface area contributed by atoms with Crippen molar-refractivity contribution >= 4 is 11.6 Å². The second-order valence-electron chi connectivity index (χ2n) is 2.80. The summed E-state index contributed by atoms with van der Waals surface area (Å²) < 4.78 is 4.84. The van der Waals surface area contributed by atoms with Gasteiger partial charge in [-0.2, -0.15) is 4.98 Å². The van der Waals surface area contributed by atoms with Gasteiger partial charge in [-0.05, 0) is 17.7 Å². The number of phenolic OH excluding ortho intramolecular Hbond substituents is 1. The van der Waals surface area contributed by atoms with E-state index >= 15 is 0 Å². The third kappa shape index (κ3) is 1.85. The summed E-state index contributed by atoms with van der Waals surface area (Å²) in [4.78, 5) is 3.88. The van der Waals surface area contributed by atoms with Crippen molar-refractivity contribution in [1.82, 2.24) is 10.1 Å². The molecule has 1 aromatic heterocycles. The Morgan fingerprint density at radius 2 is 2.29 bits per heavy atom. The minimum Gasteiger partial charge on any atom is -0.506 e. The standard InChI is InChI=1S/C9H7ClN2O2/c10-7-3-6(1-2-8(7)13)4-9-11-5-12-14-9/h1-3,5,13H,4H2. The lowest BCUT2D eigenvalue weighted by Gasteiger charge is -1.99. The minimum absolute atomic E-state index is 0.0703. The largest absolute Gasteiger partial charge is 0.506 e. The van der Waals surface area contributed by atoms with Crippen LogP contribution in [0.2, 0.25) is 5.02 Å². The second kappa shape index (κ2) is 3.67. The average molecular weight is 211 g/mol. The SMILES string of the molecule is Oc1ccc(Cc2ncno2)cc1Cl. The lowest BCUT2D eigenvalue weighted by Crippen LogP contribution is -1.87. The van der Waals surface area contributed by atoms with Crippen molar-refractivity contribution < 1.29 is 9.63 Å². The Morgan fingerprint density at radius 1 is 1.43 bits per heavy atom. The van der Waals surface area contributed by atoms with Crippen molar-refractivity contribution in [2.75, 3.05) is 0 Å². The summed E-state index contributed by atoms with van der Waals surface area (Å²) >= 11 is 5.74. The van der Waals surface area contributed by atoms with Gasteiger partial charge < -0.3 is 9.63 Å². The number of nitrogens with zero attached hydrogens (tertiary/aromatic N) is 2. The zero-order chi connectivity index (χ0) is 9.97. The van der Waals surface area contributed by atoms with E-state index in [0.717, 1.165) is 5.56 Å². The Labute approximate surface area is 85.1 Å². The first kappa shape index (κ1) is 9.02. The minimum atomic E-state index is 0.0703. The van der Waals surface area contributed by atoms with Crippen molar-refractivity contribution in [1.29, 1.82) is 0 Å². The van der Waals surface area contributed by atoms with Crippen LogP contribution >= 0.6 is 11.6 Å². The zero-order valence-electron chi connectivity index (χ0n) is 7.14. The second-order valence-corrected chi connectivity index (χ2v) is 3.20. The number of hydrogen-bond donors (Lipinski definition) is 1. The van der Waals surface area contributed by atoms with Crippen molar-refractivity contribution in [3.05, 3.63) is 41.0 Å². The summed E-state index contributed by atoms with van der Waals surface area (Å²) in [6.07, 6.45) is 1.86. The predicted molar refractivity (Wildman–Crippen MR) is 50.2 cm³/mol. The smallest absolute Gasteiger partial charge is 0.230 e. The third-order valence-electron chi connectivity index (χ3n) is 1.77. The molecular weight excluding hydrogens is 204 g/mol. The van der Waals surface area contributed by atoms with Crippen LogP contribution in [-0.4, -0.2) is 15.2 Å². The maximum Gasteiger partial charge on any atom is 0.230 e. The summed E-state index contributed by atoms with van der Waals surface area (Å²) in [5.74, 6) is 0.590. The first-order chi connectivity index (χ1) is 6.75. The molecule has 5 heteroatoms. The van der Waals surface area contributed by atoms with Gasteiger partial charge in [-0.1, -0.05) is 22.8 Å². The van der Waals surface area contributed by atoms with Crippen molar-refractivity contribution in [2.24, 2.45) is 0 Å². The molecule has 0 atom stereocenters. The first-order valence-electron chi connectivity index (χ1n) is 3.98. The van der Waals surface area contributed by atoms with Crippen LogP contribution in [-0.2, 0) is 6.42 Å². The van der Waals surface area contributed by atoms with Gasteiger partial charge in [0.15, 0.2) is 6.33 Å². The Kier molecular flexibility index (Phi) is 2.37. The molecule has 1 aromatic carbocycles. The number of hydrogen-bond acceptors (Lipinski definition) is 4. The lowest BCUT2D eigenvalue weighted by molar-refractivity contribution is 0.384. The molecule has 0 fully saturated rings. The van der Waals surface area contributed by atoms with Gasteiger partial charge in [-0.3, -0.25) is 0 Å². The van der Waals surface area contributed by atoms with E-state index in [9.17, 15) is 5.11 Å². The quantitative estimate of drug-likeness (QED) is 0.824. The van der Waals surface area contributed by atoms with Gasteiger partial charge in [-0.25, -0.2) is 0 Å². The molecule has 4 nitrogen and oxygen atoms in total. The summed E-state index contributed by atoms with van der Waals surface area (Å²) in [5.41, 5.74) is 0.914. The van der Waals surface area contributed by atoms with Gasteiger partial charge in [0.2, 0.25) is 5.89 Å². The van der Waals surface area contributed by atoms with Gasteiger partial charge in [0.1, 0.15) is 5.75 Å². The van der Waals surface area contributed by atoms with Crippen LogP contribution in [0.1, 0.15) is 11.5 Å². The highest BCUT2D eigenvalue weighted by Crippen LogP contribution is 2.24. The zero-order valence-corrected chi connectivity index (χ0v) is 7.90. The normalized spacial score (nSPS) is 10.4. The molecule has 0 amide bonds. The molecule has 0 radical (unpaired) electrons. The van der Waals surface area contributed by atoms with Crippen LogP contribution in [0.15, 0.2) is 29.0 Å². The molecule has 2 aromatic rings. The Balaban J connectivity index is 2.22. The monoisotopic (exact) mass is 210 g/mol. The summed E-state index contributed by atoms with van der Waals surface area (Å²) in [6, 6.07) is 4.96. The van der Waals surface area contributed by atoms with Crippen LogP contribution in [0.25, 0.3) is 0 Å². The van der Waals surface area contributed by atoms with E-state index in [-0.39, 0.29) is 5.75 Å². The predicted octanol–water partition coefficient (Wildman–Crippen LogP) is 2.02. The van der Waals surface area contributed by atoms with Gasteiger partial charge in [0, 0.05) is 0 Å². The van der Waals surface area contributed by atoms with Crippen LogP contribution in [0, 0.1) is 0 Å². The summed E-state index contributed by atoms with van der Waals surface area (Å²) in [5, 5.41) is 13.0. The number of rotatable bonds is 2. The van der Waals surface area contributed by atoms with Gasteiger partial charge in [0.25, 0.3) is 0 Å². The van der Waals surface area contributed by atoms with Crippen LogP contribution < -0.4 is 0 Å². The fourth-order valence-corrected chi connectivity index (χ4v) is 1.31.